The predicted molar refractivity (Wildman–Crippen MR) is 79.9 cm³/mol. The summed E-state index contributed by atoms with van der Waals surface area (Å²) in [6, 6.07) is 5.77. The molecule has 20 heavy (non-hydrogen) atoms. The van der Waals surface area contributed by atoms with Crippen molar-refractivity contribution < 1.29 is 14.3 Å². The van der Waals surface area contributed by atoms with Crippen molar-refractivity contribution in [2.75, 3.05) is 31.3 Å². The first-order valence-corrected chi connectivity index (χ1v) is 8.19. The summed E-state index contributed by atoms with van der Waals surface area (Å²) in [5.41, 5.74) is 0.688. The van der Waals surface area contributed by atoms with E-state index < -0.39 is 0 Å². The minimum atomic E-state index is 0.0944. The molecule has 1 aromatic rings. The highest BCUT2D eigenvalue weighted by molar-refractivity contribution is 7.99. The van der Waals surface area contributed by atoms with Crippen molar-refractivity contribution in [2.24, 2.45) is 0 Å². The number of amides is 1. The number of nitrogens with zero attached hydrogens (tertiary/aromatic N) is 1. The number of fused-ring (bicyclic) bond motifs is 1. The molecule has 1 aromatic carbocycles. The van der Waals surface area contributed by atoms with Gasteiger partial charge in [0.25, 0.3) is 5.91 Å². The van der Waals surface area contributed by atoms with Gasteiger partial charge in [-0.25, -0.2) is 0 Å². The van der Waals surface area contributed by atoms with Crippen molar-refractivity contribution in [3.63, 3.8) is 0 Å². The Balaban J connectivity index is 1.82. The lowest BCUT2D eigenvalue weighted by Gasteiger charge is -2.27. The number of hydrogen-bond acceptors (Lipinski definition) is 4. The second-order valence-electron chi connectivity index (χ2n) is 5.11. The SMILES string of the molecule is C[C@H]1CCSCCN1C(=O)c1ccc2c(c1)OCCO2. The van der Waals surface area contributed by atoms with Gasteiger partial charge in [-0.2, -0.15) is 11.8 Å². The van der Waals surface area contributed by atoms with E-state index in [0.717, 1.165) is 30.2 Å². The van der Waals surface area contributed by atoms with Crippen LogP contribution in [0, 0.1) is 0 Å². The molecule has 1 saturated heterocycles. The molecular formula is C15H19NO3S. The number of carbonyl (C=O) groups excluding carboxylic acids is 1. The van der Waals surface area contributed by atoms with Gasteiger partial charge in [-0.15, -0.1) is 0 Å². The number of benzene rings is 1. The molecule has 0 aromatic heterocycles. The fraction of sp³-hybridized carbons (Fsp3) is 0.533. The fourth-order valence-corrected chi connectivity index (χ4v) is 3.58. The van der Waals surface area contributed by atoms with Crippen molar-refractivity contribution >= 4 is 17.7 Å². The van der Waals surface area contributed by atoms with E-state index >= 15 is 0 Å². The molecular weight excluding hydrogens is 274 g/mol. The van der Waals surface area contributed by atoms with E-state index in [1.54, 1.807) is 0 Å². The van der Waals surface area contributed by atoms with Gasteiger partial charge >= 0.3 is 0 Å². The van der Waals surface area contributed by atoms with Crippen LogP contribution in [0.2, 0.25) is 0 Å². The number of ether oxygens (including phenoxy) is 2. The van der Waals surface area contributed by atoms with E-state index in [-0.39, 0.29) is 5.91 Å². The van der Waals surface area contributed by atoms with E-state index in [1.807, 2.05) is 34.9 Å². The van der Waals surface area contributed by atoms with Crippen molar-refractivity contribution in [3.8, 4) is 11.5 Å². The first-order chi connectivity index (χ1) is 9.75. The van der Waals surface area contributed by atoms with Crippen molar-refractivity contribution in [3.05, 3.63) is 23.8 Å². The normalized spacial score (nSPS) is 22.2. The highest BCUT2D eigenvalue weighted by Gasteiger charge is 2.24. The Kier molecular flexibility index (Phi) is 4.05. The van der Waals surface area contributed by atoms with Crippen LogP contribution in [-0.2, 0) is 0 Å². The number of carbonyl (C=O) groups is 1. The van der Waals surface area contributed by atoms with Crippen LogP contribution >= 0.6 is 11.8 Å². The summed E-state index contributed by atoms with van der Waals surface area (Å²) in [6.07, 6.45) is 1.06. The lowest BCUT2D eigenvalue weighted by atomic mass is 10.1. The van der Waals surface area contributed by atoms with Crippen molar-refractivity contribution in [2.45, 2.75) is 19.4 Å². The number of rotatable bonds is 1. The lowest BCUT2D eigenvalue weighted by Crippen LogP contribution is -2.39. The Morgan fingerprint density at radius 1 is 1.25 bits per heavy atom. The molecule has 0 unspecified atom stereocenters. The Morgan fingerprint density at radius 3 is 2.90 bits per heavy atom. The molecule has 1 amide bonds. The molecule has 3 rings (SSSR count). The van der Waals surface area contributed by atoms with Crippen LogP contribution < -0.4 is 9.47 Å². The minimum Gasteiger partial charge on any atom is -0.486 e. The third kappa shape index (κ3) is 2.73. The van der Waals surface area contributed by atoms with Gasteiger partial charge < -0.3 is 14.4 Å². The summed E-state index contributed by atoms with van der Waals surface area (Å²) in [4.78, 5) is 14.6. The summed E-state index contributed by atoms with van der Waals surface area (Å²) >= 11 is 1.92. The Bertz CT molecular complexity index is 506. The molecule has 0 radical (unpaired) electrons. The monoisotopic (exact) mass is 293 g/mol. The van der Waals surface area contributed by atoms with Gasteiger partial charge in [0.1, 0.15) is 13.2 Å². The van der Waals surface area contributed by atoms with Crippen LogP contribution in [0.4, 0.5) is 0 Å². The molecule has 0 aliphatic carbocycles. The molecule has 2 aliphatic rings. The topological polar surface area (TPSA) is 38.8 Å². The number of hydrogen-bond donors (Lipinski definition) is 0. The first-order valence-electron chi connectivity index (χ1n) is 7.04. The maximum absolute atomic E-state index is 12.7. The van der Waals surface area contributed by atoms with E-state index in [1.165, 1.54) is 0 Å². The molecule has 2 aliphatic heterocycles. The molecule has 2 heterocycles. The second-order valence-corrected chi connectivity index (χ2v) is 6.33. The van der Waals surface area contributed by atoms with Crippen LogP contribution in [0.25, 0.3) is 0 Å². The Labute approximate surface area is 123 Å². The van der Waals surface area contributed by atoms with E-state index in [2.05, 4.69) is 6.92 Å². The fourth-order valence-electron chi connectivity index (χ4n) is 2.54. The number of thioether (sulfide) groups is 1. The lowest BCUT2D eigenvalue weighted by molar-refractivity contribution is 0.0705. The molecule has 108 valence electrons. The van der Waals surface area contributed by atoms with Gasteiger partial charge in [-0.3, -0.25) is 4.79 Å². The average molecular weight is 293 g/mol. The third-order valence-corrected chi connectivity index (χ3v) is 4.73. The summed E-state index contributed by atoms with van der Waals surface area (Å²) in [5.74, 6) is 3.65. The smallest absolute Gasteiger partial charge is 0.254 e. The molecule has 0 saturated carbocycles. The Morgan fingerprint density at radius 2 is 2.05 bits per heavy atom. The second kappa shape index (κ2) is 5.95. The van der Waals surface area contributed by atoms with Gasteiger partial charge in [0.15, 0.2) is 11.5 Å². The van der Waals surface area contributed by atoms with E-state index in [9.17, 15) is 4.79 Å². The van der Waals surface area contributed by atoms with Gasteiger partial charge in [-0.05, 0) is 37.3 Å². The molecule has 1 fully saturated rings. The standard InChI is InChI=1S/C15H19NO3S/c1-11-4-8-20-9-5-16(11)15(17)12-2-3-13-14(10-12)19-7-6-18-13/h2-3,10-11H,4-9H2,1H3/t11-/m0/s1. The quantitative estimate of drug-likeness (QED) is 0.797. The van der Waals surface area contributed by atoms with Gasteiger partial charge in [0.2, 0.25) is 0 Å². The van der Waals surface area contributed by atoms with Crippen LogP contribution in [-0.4, -0.2) is 48.1 Å². The summed E-state index contributed by atoms with van der Waals surface area (Å²) in [6.45, 7) is 4.06. The molecule has 0 N–H and O–H groups in total. The third-order valence-electron chi connectivity index (χ3n) is 3.74. The zero-order valence-electron chi connectivity index (χ0n) is 11.6. The minimum absolute atomic E-state index is 0.0944. The van der Waals surface area contributed by atoms with E-state index in [4.69, 9.17) is 9.47 Å². The largest absolute Gasteiger partial charge is 0.486 e. The zero-order valence-corrected chi connectivity index (χ0v) is 12.4. The maximum atomic E-state index is 12.7. The van der Waals surface area contributed by atoms with E-state index in [0.29, 0.717) is 30.6 Å². The van der Waals surface area contributed by atoms with Gasteiger partial charge in [-0.1, -0.05) is 0 Å². The van der Waals surface area contributed by atoms with Crippen LogP contribution in [0.5, 0.6) is 11.5 Å². The molecule has 1 atom stereocenters. The highest BCUT2D eigenvalue weighted by atomic mass is 32.2. The Hall–Kier alpha value is -1.36. The molecule has 0 spiro atoms. The summed E-state index contributed by atoms with van der Waals surface area (Å²) in [7, 11) is 0. The first kappa shape index (κ1) is 13.6. The van der Waals surface area contributed by atoms with Crippen molar-refractivity contribution in [1.82, 2.24) is 4.90 Å². The highest BCUT2D eigenvalue weighted by Crippen LogP contribution is 2.31. The van der Waals surface area contributed by atoms with Gasteiger partial charge in [0, 0.05) is 23.9 Å². The molecule has 4 nitrogen and oxygen atoms in total. The molecule has 5 heteroatoms. The predicted octanol–water partition coefficient (Wildman–Crippen LogP) is 2.43. The maximum Gasteiger partial charge on any atom is 0.254 e. The summed E-state index contributed by atoms with van der Waals surface area (Å²) in [5, 5.41) is 0. The van der Waals surface area contributed by atoms with Crippen LogP contribution in [0.15, 0.2) is 18.2 Å². The van der Waals surface area contributed by atoms with Crippen molar-refractivity contribution in [1.29, 1.82) is 0 Å². The van der Waals surface area contributed by atoms with Gasteiger partial charge in [0.05, 0.1) is 0 Å². The zero-order chi connectivity index (χ0) is 13.9. The summed E-state index contributed by atoms with van der Waals surface area (Å²) < 4.78 is 11.0. The van der Waals surface area contributed by atoms with Crippen LogP contribution in [0.3, 0.4) is 0 Å². The van der Waals surface area contributed by atoms with Crippen LogP contribution in [0.1, 0.15) is 23.7 Å². The molecule has 0 bridgehead atoms. The average Bonchev–Trinajstić information content (AvgIpc) is 2.70.